The third-order valence-corrected chi connectivity index (χ3v) is 5.40. The van der Waals surface area contributed by atoms with Crippen molar-refractivity contribution in [1.29, 1.82) is 0 Å². The highest BCUT2D eigenvalue weighted by Crippen LogP contribution is 2.27. The molecule has 0 amide bonds. The maximum Gasteiger partial charge on any atom is 0.435 e. The van der Waals surface area contributed by atoms with E-state index >= 15 is 0 Å². The molecule has 0 spiro atoms. The van der Waals surface area contributed by atoms with Crippen molar-refractivity contribution in [2.24, 2.45) is 0 Å². The first-order valence-electron chi connectivity index (χ1n) is 6.89. The molecule has 0 aliphatic heterocycles. The van der Waals surface area contributed by atoms with Gasteiger partial charge < -0.3 is 5.11 Å². The lowest BCUT2D eigenvalue weighted by molar-refractivity contribution is -0.141. The Balaban J connectivity index is 2.01. The number of nitrogens with zero attached hydrogens (tertiary/aromatic N) is 2. The van der Waals surface area contributed by atoms with Crippen molar-refractivity contribution in [2.75, 3.05) is 5.75 Å². The van der Waals surface area contributed by atoms with Gasteiger partial charge in [-0.3, -0.25) is 4.68 Å². The number of aliphatic hydroxyl groups excluding tert-OH is 1. The van der Waals surface area contributed by atoms with Gasteiger partial charge in [-0.05, 0) is 23.8 Å². The smallest absolute Gasteiger partial charge is 0.390 e. The molecular weight excluding hydrogens is 404 g/mol. The minimum Gasteiger partial charge on any atom is -0.390 e. The molecule has 0 aliphatic carbocycles. The Hall–Kier alpha value is -1.29. The van der Waals surface area contributed by atoms with E-state index in [0.717, 1.165) is 16.9 Å². The summed E-state index contributed by atoms with van der Waals surface area (Å²) in [6.07, 6.45) is -5.00. The molecule has 0 aliphatic rings. The second-order valence-electron chi connectivity index (χ2n) is 5.36. The third kappa shape index (κ3) is 5.88. The summed E-state index contributed by atoms with van der Waals surface area (Å²) in [5.74, 6) is -1.07. The lowest BCUT2D eigenvalue weighted by Crippen LogP contribution is -2.27. The zero-order valence-corrected chi connectivity index (χ0v) is 14.9. The molecular formula is C14H13Cl2F3N2O3S. The lowest BCUT2D eigenvalue weighted by atomic mass is 10.2. The molecule has 2 rings (SSSR count). The summed E-state index contributed by atoms with van der Waals surface area (Å²) >= 11 is 11.6. The molecule has 1 atom stereocenters. The quantitative estimate of drug-likeness (QED) is 0.784. The van der Waals surface area contributed by atoms with Gasteiger partial charge in [0.1, 0.15) is 0 Å². The minimum absolute atomic E-state index is 0.174. The zero-order chi connectivity index (χ0) is 18.8. The number of aromatic nitrogens is 2. The van der Waals surface area contributed by atoms with Crippen LogP contribution in [0.3, 0.4) is 0 Å². The number of hydrogen-bond donors (Lipinski definition) is 1. The van der Waals surface area contributed by atoms with Gasteiger partial charge in [0.25, 0.3) is 0 Å². The second-order valence-corrected chi connectivity index (χ2v) is 8.32. The number of halogens is 5. The Morgan fingerprint density at radius 2 is 1.92 bits per heavy atom. The number of sulfone groups is 1. The summed E-state index contributed by atoms with van der Waals surface area (Å²) in [4.78, 5) is 0. The van der Waals surface area contributed by atoms with E-state index in [1.54, 1.807) is 0 Å². The van der Waals surface area contributed by atoms with E-state index in [4.69, 9.17) is 23.2 Å². The van der Waals surface area contributed by atoms with Crippen LogP contribution in [0.15, 0.2) is 30.5 Å². The van der Waals surface area contributed by atoms with Crippen LogP contribution in [-0.4, -0.2) is 35.2 Å². The molecule has 0 fully saturated rings. The van der Waals surface area contributed by atoms with E-state index in [9.17, 15) is 26.7 Å². The molecule has 138 valence electrons. The van der Waals surface area contributed by atoms with E-state index in [0.29, 0.717) is 10.6 Å². The van der Waals surface area contributed by atoms with Gasteiger partial charge in [0.05, 0.1) is 24.2 Å². The van der Waals surface area contributed by atoms with Crippen LogP contribution in [0.1, 0.15) is 11.3 Å². The molecule has 11 heteroatoms. The standard InChI is InChI=1S/C14H13Cl2F3N2O3S/c15-10-2-1-9(12(16)5-10)7-25(23,24)8-11(22)6-21-4-3-13(20-21)14(17,18)19/h1-5,11,22H,6-8H2/t11-/m1/s1. The van der Waals surface area contributed by atoms with Crippen molar-refractivity contribution >= 4 is 33.0 Å². The molecule has 0 bridgehead atoms. The van der Waals surface area contributed by atoms with Crippen LogP contribution in [-0.2, 0) is 28.3 Å². The van der Waals surface area contributed by atoms with Crippen molar-refractivity contribution in [3.05, 3.63) is 51.8 Å². The Morgan fingerprint density at radius 3 is 2.48 bits per heavy atom. The van der Waals surface area contributed by atoms with Crippen molar-refractivity contribution < 1.29 is 26.7 Å². The fourth-order valence-electron chi connectivity index (χ4n) is 2.11. The third-order valence-electron chi connectivity index (χ3n) is 3.17. The van der Waals surface area contributed by atoms with E-state index in [1.807, 2.05) is 0 Å². The largest absolute Gasteiger partial charge is 0.435 e. The van der Waals surface area contributed by atoms with Gasteiger partial charge in [-0.2, -0.15) is 18.3 Å². The average Bonchev–Trinajstić information content (AvgIpc) is 2.89. The molecule has 2 aromatic rings. The van der Waals surface area contributed by atoms with Crippen LogP contribution in [0.2, 0.25) is 10.0 Å². The fraction of sp³-hybridized carbons (Fsp3) is 0.357. The summed E-state index contributed by atoms with van der Waals surface area (Å²) in [5.41, 5.74) is -0.799. The molecule has 1 aromatic carbocycles. The first-order chi connectivity index (χ1) is 11.5. The summed E-state index contributed by atoms with van der Waals surface area (Å²) in [6, 6.07) is 5.08. The predicted octanol–water partition coefficient (Wildman–Crippen LogP) is 3.18. The highest BCUT2D eigenvalue weighted by atomic mass is 35.5. The molecule has 25 heavy (non-hydrogen) atoms. The van der Waals surface area contributed by atoms with E-state index < -0.39 is 39.3 Å². The molecule has 1 N–H and O–H groups in total. The maximum atomic E-state index is 12.5. The summed E-state index contributed by atoms with van der Waals surface area (Å²) in [6.45, 7) is -0.385. The van der Waals surface area contributed by atoms with Crippen molar-refractivity contribution in [1.82, 2.24) is 9.78 Å². The van der Waals surface area contributed by atoms with Gasteiger partial charge in [0.2, 0.25) is 0 Å². The predicted molar refractivity (Wildman–Crippen MR) is 87.2 cm³/mol. The lowest BCUT2D eigenvalue weighted by Gasteiger charge is -2.12. The molecule has 0 saturated carbocycles. The van der Waals surface area contributed by atoms with Crippen LogP contribution in [0, 0.1) is 0 Å². The number of alkyl halides is 3. The summed E-state index contributed by atoms with van der Waals surface area (Å²) in [7, 11) is -3.75. The Labute approximate surface area is 151 Å². The van der Waals surface area contributed by atoms with Crippen LogP contribution in [0.5, 0.6) is 0 Å². The second kappa shape index (κ2) is 7.53. The Kier molecular flexibility index (Phi) is 6.03. The van der Waals surface area contributed by atoms with Gasteiger partial charge in [-0.1, -0.05) is 29.3 Å². The molecule has 0 saturated heterocycles. The summed E-state index contributed by atoms with van der Waals surface area (Å²) < 4.78 is 62.5. The van der Waals surface area contributed by atoms with E-state index in [1.165, 1.54) is 18.2 Å². The van der Waals surface area contributed by atoms with Crippen LogP contribution in [0.4, 0.5) is 13.2 Å². The molecule has 0 radical (unpaired) electrons. The first kappa shape index (κ1) is 20.0. The van der Waals surface area contributed by atoms with Crippen LogP contribution < -0.4 is 0 Å². The van der Waals surface area contributed by atoms with Crippen molar-refractivity contribution in [2.45, 2.75) is 24.6 Å². The number of rotatable bonds is 6. The minimum atomic E-state index is -4.60. The van der Waals surface area contributed by atoms with Crippen LogP contribution >= 0.6 is 23.2 Å². The normalized spacial score (nSPS) is 13.8. The molecule has 1 aromatic heterocycles. The number of aliphatic hydroxyl groups is 1. The van der Waals surface area contributed by atoms with Crippen molar-refractivity contribution in [3.8, 4) is 0 Å². The molecule has 1 heterocycles. The van der Waals surface area contributed by atoms with E-state index in [2.05, 4.69) is 5.10 Å². The highest BCUT2D eigenvalue weighted by Gasteiger charge is 2.33. The van der Waals surface area contributed by atoms with Crippen molar-refractivity contribution in [3.63, 3.8) is 0 Å². The first-order valence-corrected chi connectivity index (χ1v) is 9.47. The SMILES string of the molecule is O=S(=O)(Cc1ccc(Cl)cc1Cl)C[C@H](O)Cn1ccc(C(F)(F)F)n1. The number of hydrogen-bond acceptors (Lipinski definition) is 4. The monoisotopic (exact) mass is 416 g/mol. The van der Waals surface area contributed by atoms with Crippen LogP contribution in [0.25, 0.3) is 0 Å². The van der Waals surface area contributed by atoms with Gasteiger partial charge in [-0.25, -0.2) is 8.42 Å². The zero-order valence-electron chi connectivity index (χ0n) is 12.5. The Bertz CT molecular complexity index is 853. The van der Waals surface area contributed by atoms with Gasteiger partial charge in [0, 0.05) is 16.2 Å². The maximum absolute atomic E-state index is 12.5. The Morgan fingerprint density at radius 1 is 1.24 bits per heavy atom. The molecule has 0 unspecified atom stereocenters. The fourth-order valence-corrected chi connectivity index (χ4v) is 4.20. The van der Waals surface area contributed by atoms with Gasteiger partial charge >= 0.3 is 6.18 Å². The molecule has 5 nitrogen and oxygen atoms in total. The summed E-state index contributed by atoms with van der Waals surface area (Å²) in [5, 5.41) is 13.7. The van der Waals surface area contributed by atoms with Gasteiger partial charge in [0.15, 0.2) is 15.5 Å². The highest BCUT2D eigenvalue weighted by molar-refractivity contribution is 7.90. The van der Waals surface area contributed by atoms with E-state index in [-0.39, 0.29) is 11.6 Å². The van der Waals surface area contributed by atoms with Gasteiger partial charge in [-0.15, -0.1) is 0 Å². The number of benzene rings is 1. The average molecular weight is 417 g/mol. The topological polar surface area (TPSA) is 72.2 Å².